The number of hydrogen-bond acceptors (Lipinski definition) is 7. The fraction of sp³-hybridized carbons (Fsp3) is 0.458. The van der Waals surface area contributed by atoms with Crippen LogP contribution in [0.1, 0.15) is 35.8 Å². The van der Waals surface area contributed by atoms with Gasteiger partial charge in [0, 0.05) is 31.4 Å². The number of benzene rings is 1. The highest BCUT2D eigenvalue weighted by Crippen LogP contribution is 2.49. The molecule has 2 saturated heterocycles. The molecule has 2 aromatic rings. The molecule has 0 aliphatic carbocycles. The molecule has 0 radical (unpaired) electrons. The number of alkyl halides is 3. The molecule has 1 spiro atoms. The van der Waals surface area contributed by atoms with Crippen LogP contribution in [0.15, 0.2) is 36.5 Å². The number of halogens is 4. The first-order chi connectivity index (χ1) is 18.1. The third-order valence-corrected chi connectivity index (χ3v) is 10.1. The number of carbonyl (C=O) groups excluding carboxylic acids is 1. The number of likely N-dealkylation sites (tertiary alicyclic amines) is 1. The zero-order chi connectivity index (χ0) is 28.8. The van der Waals surface area contributed by atoms with Crippen LogP contribution in [0.2, 0.25) is 0 Å². The van der Waals surface area contributed by atoms with Crippen LogP contribution in [-0.4, -0.2) is 79.2 Å². The van der Waals surface area contributed by atoms with Gasteiger partial charge in [0.05, 0.1) is 25.3 Å². The lowest BCUT2D eigenvalue weighted by Gasteiger charge is -2.52. The Morgan fingerprint density at radius 3 is 2.62 bits per heavy atom. The van der Waals surface area contributed by atoms with E-state index in [-0.39, 0.29) is 36.5 Å². The van der Waals surface area contributed by atoms with E-state index < -0.39 is 57.1 Å². The number of rotatable bonds is 6. The average Bonchev–Trinajstić information content (AvgIpc) is 3.33. The molecule has 15 heteroatoms. The number of anilines is 1. The van der Waals surface area contributed by atoms with Gasteiger partial charge in [-0.25, -0.2) is 22.1 Å². The van der Waals surface area contributed by atoms with E-state index in [0.717, 1.165) is 10.4 Å². The second-order valence-corrected chi connectivity index (χ2v) is 12.0. The summed E-state index contributed by atoms with van der Waals surface area (Å²) in [5.41, 5.74) is -1.77. The van der Waals surface area contributed by atoms with Gasteiger partial charge in [-0.15, -0.1) is 0 Å². The molecular weight excluding hydrogens is 544 g/mol. The highest BCUT2D eigenvalue weighted by Gasteiger charge is 2.66. The van der Waals surface area contributed by atoms with Gasteiger partial charge in [0.25, 0.3) is 5.91 Å². The van der Waals surface area contributed by atoms with E-state index in [1.54, 1.807) is 0 Å². The Morgan fingerprint density at radius 2 is 2.00 bits per heavy atom. The van der Waals surface area contributed by atoms with Gasteiger partial charge in [0.1, 0.15) is 22.0 Å². The molecule has 2 aliphatic heterocycles. The Morgan fingerprint density at radius 1 is 1.28 bits per heavy atom. The number of methoxy groups -OCH3 is 1. The molecule has 1 aromatic heterocycles. The molecule has 2 aliphatic rings. The predicted molar refractivity (Wildman–Crippen MR) is 134 cm³/mol. The standard InChI is InChI=1S/C24H28F4N6O4S/c1-22(17-12-15(4-6-18(17)25)31-20(35)19-7-5-16(38-3)13-30-19)23(39(36,37)33(2)21(29)32-22)8-10-34(14-23)11-9-24(26,27)28/h4-7,12-13H,8-11,14H2,1-3H3,(H2,29,32)(H,31,35)/t22-,23+/m1/s1. The van der Waals surface area contributed by atoms with Crippen molar-refractivity contribution < 1.29 is 35.5 Å². The summed E-state index contributed by atoms with van der Waals surface area (Å²) in [7, 11) is -1.74. The van der Waals surface area contributed by atoms with Gasteiger partial charge in [-0.2, -0.15) is 13.2 Å². The van der Waals surface area contributed by atoms with E-state index in [2.05, 4.69) is 15.6 Å². The second-order valence-electron chi connectivity index (χ2n) is 9.69. The monoisotopic (exact) mass is 572 g/mol. The van der Waals surface area contributed by atoms with Gasteiger partial charge >= 0.3 is 6.18 Å². The number of guanidine groups is 1. The Kier molecular flexibility index (Phi) is 7.27. The van der Waals surface area contributed by atoms with Crippen LogP contribution < -0.4 is 15.4 Å². The van der Waals surface area contributed by atoms with E-state index in [9.17, 15) is 26.4 Å². The number of carbonyl (C=O) groups is 1. The minimum Gasteiger partial charge on any atom is -0.495 e. The normalized spacial score (nSPS) is 25.0. The average molecular weight is 573 g/mol. The van der Waals surface area contributed by atoms with Crippen LogP contribution in [0, 0.1) is 11.2 Å². The molecule has 3 N–H and O–H groups in total. The van der Waals surface area contributed by atoms with Crippen LogP contribution in [0.25, 0.3) is 0 Å². The van der Waals surface area contributed by atoms with Crippen molar-refractivity contribution in [1.82, 2.24) is 19.5 Å². The van der Waals surface area contributed by atoms with Crippen LogP contribution in [0.5, 0.6) is 5.75 Å². The highest BCUT2D eigenvalue weighted by atomic mass is 32.2. The lowest BCUT2D eigenvalue weighted by molar-refractivity contribution is -0.137. The summed E-state index contributed by atoms with van der Waals surface area (Å²) in [6.07, 6.45) is -4.33. The number of ether oxygens (including phenoxy) is 1. The maximum atomic E-state index is 15.4. The third kappa shape index (κ3) is 5.00. The number of aromatic nitrogens is 1. The van der Waals surface area contributed by atoms with Crippen molar-refractivity contribution in [3.63, 3.8) is 0 Å². The minimum atomic E-state index is -4.43. The molecule has 212 valence electrons. The zero-order valence-corrected chi connectivity index (χ0v) is 22.2. The molecule has 1 aromatic carbocycles. The Labute approximate surface area is 222 Å². The molecule has 3 heterocycles. The largest absolute Gasteiger partial charge is 0.495 e. The van der Waals surface area contributed by atoms with Gasteiger partial charge in [0.2, 0.25) is 16.0 Å². The SMILES string of the molecule is COc1ccc(C(=O)Nc2ccc(F)c([C@@]3(C)NC(=N)N(C)S(=O)(=O)[C@]34CCN(CCC(F)(F)F)C4)c2)nc1. The summed E-state index contributed by atoms with van der Waals surface area (Å²) in [5, 5.41) is 13.7. The number of pyridine rings is 1. The molecule has 39 heavy (non-hydrogen) atoms. The lowest BCUT2D eigenvalue weighted by atomic mass is 9.77. The van der Waals surface area contributed by atoms with E-state index >= 15 is 4.39 Å². The van der Waals surface area contributed by atoms with Crippen LogP contribution in [-0.2, 0) is 15.6 Å². The number of sulfonamides is 1. The fourth-order valence-corrected chi connectivity index (χ4v) is 7.33. The van der Waals surface area contributed by atoms with Crippen molar-refractivity contribution in [1.29, 1.82) is 5.41 Å². The van der Waals surface area contributed by atoms with Crippen molar-refractivity contribution in [3.8, 4) is 5.75 Å². The predicted octanol–water partition coefficient (Wildman–Crippen LogP) is 2.89. The quantitative estimate of drug-likeness (QED) is 0.455. The maximum absolute atomic E-state index is 15.4. The van der Waals surface area contributed by atoms with Gasteiger partial charge < -0.3 is 20.3 Å². The molecule has 0 bridgehead atoms. The molecule has 0 unspecified atom stereocenters. The maximum Gasteiger partial charge on any atom is 0.390 e. The van der Waals surface area contributed by atoms with Gasteiger partial charge in [-0.3, -0.25) is 10.2 Å². The summed E-state index contributed by atoms with van der Waals surface area (Å²) >= 11 is 0. The minimum absolute atomic E-state index is 0.0228. The molecule has 1 amide bonds. The topological polar surface area (TPSA) is 128 Å². The van der Waals surface area contributed by atoms with Gasteiger partial charge in [0.15, 0.2) is 0 Å². The van der Waals surface area contributed by atoms with Gasteiger partial charge in [-0.1, -0.05) is 0 Å². The first-order valence-electron chi connectivity index (χ1n) is 11.9. The third-order valence-electron chi connectivity index (χ3n) is 7.44. The van der Waals surface area contributed by atoms with Crippen molar-refractivity contribution in [2.45, 2.75) is 36.2 Å². The molecule has 4 rings (SSSR count). The number of nitrogens with zero attached hydrogens (tertiary/aromatic N) is 3. The zero-order valence-electron chi connectivity index (χ0n) is 21.4. The summed E-state index contributed by atoms with van der Waals surface area (Å²) in [4.78, 5) is 18.1. The van der Waals surface area contributed by atoms with Crippen LogP contribution in [0.3, 0.4) is 0 Å². The van der Waals surface area contributed by atoms with Gasteiger partial charge in [-0.05, 0) is 50.2 Å². The fourth-order valence-electron chi connectivity index (χ4n) is 5.15. The van der Waals surface area contributed by atoms with Crippen molar-refractivity contribution in [2.75, 3.05) is 39.1 Å². The molecule has 2 fully saturated rings. The van der Waals surface area contributed by atoms with Crippen LogP contribution >= 0.6 is 0 Å². The van der Waals surface area contributed by atoms with E-state index in [1.165, 1.54) is 56.4 Å². The Bertz CT molecular complexity index is 1390. The number of hydrogen-bond donors (Lipinski definition) is 3. The van der Waals surface area contributed by atoms with E-state index in [0.29, 0.717) is 5.75 Å². The van der Waals surface area contributed by atoms with E-state index in [1.807, 2.05) is 0 Å². The summed E-state index contributed by atoms with van der Waals surface area (Å²) in [6, 6.07) is 6.56. The first kappa shape index (κ1) is 28.5. The Balaban J connectivity index is 1.73. The molecular formula is C24H28F4N6O4S. The van der Waals surface area contributed by atoms with Crippen LogP contribution in [0.4, 0.5) is 23.2 Å². The van der Waals surface area contributed by atoms with E-state index in [4.69, 9.17) is 10.1 Å². The summed E-state index contributed by atoms with van der Waals surface area (Å²) in [5.74, 6) is -1.52. The lowest BCUT2D eigenvalue weighted by Crippen LogP contribution is -2.74. The first-order valence-corrected chi connectivity index (χ1v) is 13.3. The smallest absolute Gasteiger partial charge is 0.390 e. The highest BCUT2D eigenvalue weighted by molar-refractivity contribution is 7.91. The molecule has 0 saturated carbocycles. The number of amides is 1. The molecule has 2 atom stereocenters. The number of nitrogens with one attached hydrogen (secondary N) is 3. The van der Waals surface area contributed by atoms with Crippen molar-refractivity contribution >= 4 is 27.6 Å². The van der Waals surface area contributed by atoms with Crippen molar-refractivity contribution in [2.24, 2.45) is 0 Å². The summed E-state index contributed by atoms with van der Waals surface area (Å²) < 4.78 is 85.6. The second kappa shape index (κ2) is 9.93. The summed E-state index contributed by atoms with van der Waals surface area (Å²) in [6.45, 7) is 0.688. The Hall–Kier alpha value is -3.46. The molecule has 10 nitrogen and oxygen atoms in total. The van der Waals surface area contributed by atoms with Crippen molar-refractivity contribution in [3.05, 3.63) is 53.6 Å².